The molecule has 0 atom stereocenters. The minimum absolute atomic E-state index is 0.634. The molecule has 0 bridgehead atoms. The molecule has 0 unspecified atom stereocenters. The molecule has 0 radical (unpaired) electrons. The standard InChI is InChI=1S/C4H13NO2Si/c5-2-1-3-8-4(6)7/h4,6-7H,1-3,5,8H2. The molecule has 0 aromatic heterocycles. The normalized spacial score (nSPS) is 12.0. The van der Waals surface area contributed by atoms with Crippen LogP contribution in [0.25, 0.3) is 0 Å². The van der Waals surface area contributed by atoms with Gasteiger partial charge >= 0.3 is 0 Å². The van der Waals surface area contributed by atoms with Gasteiger partial charge in [-0.2, -0.15) is 0 Å². The maximum atomic E-state index is 8.36. The van der Waals surface area contributed by atoms with Gasteiger partial charge in [-0.1, -0.05) is 6.04 Å². The second-order valence-electron chi connectivity index (χ2n) is 1.77. The fourth-order valence-electron chi connectivity index (χ4n) is 0.471. The van der Waals surface area contributed by atoms with Crippen molar-refractivity contribution < 1.29 is 10.2 Å². The van der Waals surface area contributed by atoms with E-state index < -0.39 is 15.4 Å². The van der Waals surface area contributed by atoms with Crippen LogP contribution >= 0.6 is 0 Å². The van der Waals surface area contributed by atoms with Crippen molar-refractivity contribution in [3.05, 3.63) is 0 Å². The van der Waals surface area contributed by atoms with Gasteiger partial charge in [-0.05, 0) is 13.0 Å². The summed E-state index contributed by atoms with van der Waals surface area (Å²) >= 11 is 0. The van der Waals surface area contributed by atoms with E-state index in [0.29, 0.717) is 6.54 Å². The Balaban J connectivity index is 2.72. The molecule has 4 heteroatoms. The molecule has 0 aliphatic carbocycles. The highest BCUT2D eigenvalue weighted by Gasteiger charge is 1.95. The monoisotopic (exact) mass is 135 g/mol. The Bertz CT molecular complexity index is 51.3. The Morgan fingerprint density at radius 2 is 2.12 bits per heavy atom. The molecule has 0 amide bonds. The number of nitrogens with two attached hydrogens (primary N) is 1. The second kappa shape index (κ2) is 5.24. The highest BCUT2D eigenvalue weighted by Crippen LogP contribution is 1.86. The van der Waals surface area contributed by atoms with Crippen LogP contribution in [0.1, 0.15) is 6.42 Å². The van der Waals surface area contributed by atoms with Crippen molar-refractivity contribution in [1.82, 2.24) is 0 Å². The molecule has 0 rings (SSSR count). The van der Waals surface area contributed by atoms with Gasteiger partial charge in [-0.3, -0.25) is 0 Å². The van der Waals surface area contributed by atoms with Crippen LogP contribution in [0.15, 0.2) is 0 Å². The Morgan fingerprint density at radius 1 is 1.50 bits per heavy atom. The van der Waals surface area contributed by atoms with E-state index in [1.165, 1.54) is 0 Å². The van der Waals surface area contributed by atoms with Crippen LogP contribution in [-0.2, 0) is 0 Å². The highest BCUT2D eigenvalue weighted by molar-refractivity contribution is 6.36. The first-order chi connectivity index (χ1) is 3.77. The van der Waals surface area contributed by atoms with Crippen LogP contribution in [0.2, 0.25) is 6.04 Å². The van der Waals surface area contributed by atoms with Gasteiger partial charge in [0.05, 0.1) is 9.52 Å². The molecule has 0 aliphatic heterocycles. The summed E-state index contributed by atoms with van der Waals surface area (Å²) in [5.74, 6) is -1.01. The van der Waals surface area contributed by atoms with Crippen molar-refractivity contribution in [2.24, 2.45) is 5.73 Å². The zero-order valence-corrected chi connectivity index (χ0v) is 6.29. The lowest BCUT2D eigenvalue weighted by Crippen LogP contribution is -2.15. The third-order valence-corrected chi connectivity index (χ3v) is 2.34. The van der Waals surface area contributed by atoms with Crippen molar-refractivity contribution in [3.8, 4) is 0 Å². The third kappa shape index (κ3) is 6.10. The molecule has 0 spiro atoms. The van der Waals surface area contributed by atoms with E-state index in [-0.39, 0.29) is 0 Å². The number of hydrogen-bond donors (Lipinski definition) is 3. The summed E-state index contributed by atoms with van der Waals surface area (Å²) in [6.07, 6.45) is 0.934. The molecule has 0 aromatic rings. The molecule has 3 nitrogen and oxygen atoms in total. The fourth-order valence-corrected chi connectivity index (χ4v) is 1.41. The van der Waals surface area contributed by atoms with E-state index in [0.717, 1.165) is 12.5 Å². The van der Waals surface area contributed by atoms with Gasteiger partial charge in [0.25, 0.3) is 0 Å². The van der Waals surface area contributed by atoms with Crippen LogP contribution in [0.4, 0.5) is 0 Å². The van der Waals surface area contributed by atoms with Crippen molar-refractivity contribution in [2.75, 3.05) is 6.54 Å². The van der Waals surface area contributed by atoms with Crippen LogP contribution in [0.3, 0.4) is 0 Å². The number of rotatable bonds is 4. The van der Waals surface area contributed by atoms with Crippen LogP contribution < -0.4 is 5.73 Å². The van der Waals surface area contributed by atoms with Crippen LogP contribution in [0.5, 0.6) is 0 Å². The Labute approximate surface area is 51.3 Å². The minimum Gasteiger partial charge on any atom is -0.373 e. The first-order valence-electron chi connectivity index (χ1n) is 2.83. The first kappa shape index (κ1) is 8.10. The predicted octanol–water partition coefficient (Wildman–Crippen LogP) is -1.81. The van der Waals surface area contributed by atoms with E-state index in [1.54, 1.807) is 0 Å². The number of aliphatic hydroxyl groups is 2. The lowest BCUT2D eigenvalue weighted by Gasteiger charge is -1.98. The Morgan fingerprint density at radius 3 is 2.50 bits per heavy atom. The summed E-state index contributed by atoms with van der Waals surface area (Å²) in [5, 5.41) is 16.7. The highest BCUT2D eigenvalue weighted by atomic mass is 28.2. The summed E-state index contributed by atoms with van der Waals surface area (Å²) in [7, 11) is -0.634. The van der Waals surface area contributed by atoms with Gasteiger partial charge in [0, 0.05) is 0 Å². The largest absolute Gasteiger partial charge is 0.373 e. The van der Waals surface area contributed by atoms with E-state index in [4.69, 9.17) is 15.9 Å². The molecule has 4 N–H and O–H groups in total. The number of hydrogen-bond acceptors (Lipinski definition) is 3. The van der Waals surface area contributed by atoms with Crippen molar-refractivity contribution in [2.45, 2.75) is 18.4 Å². The average Bonchev–Trinajstić information content (AvgIpc) is 1.66. The maximum absolute atomic E-state index is 8.36. The summed E-state index contributed by atoms with van der Waals surface area (Å²) in [6.45, 7) is 0.666. The summed E-state index contributed by atoms with van der Waals surface area (Å²) < 4.78 is 0. The van der Waals surface area contributed by atoms with E-state index in [2.05, 4.69) is 0 Å². The lowest BCUT2D eigenvalue weighted by molar-refractivity contribution is 0.0289. The summed E-state index contributed by atoms with van der Waals surface area (Å²) in [5.41, 5.74) is 5.17. The third-order valence-electron chi connectivity index (χ3n) is 0.916. The zero-order valence-electron chi connectivity index (χ0n) is 4.88. The smallest absolute Gasteiger partial charge is 0.128 e. The molecular formula is C4H13NO2Si. The first-order valence-corrected chi connectivity index (χ1v) is 4.65. The predicted molar refractivity (Wildman–Crippen MR) is 35.2 cm³/mol. The van der Waals surface area contributed by atoms with Gasteiger partial charge in [0.2, 0.25) is 0 Å². The van der Waals surface area contributed by atoms with E-state index in [1.807, 2.05) is 0 Å². The van der Waals surface area contributed by atoms with E-state index >= 15 is 0 Å². The van der Waals surface area contributed by atoms with Crippen molar-refractivity contribution in [1.29, 1.82) is 0 Å². The fraction of sp³-hybridized carbons (Fsp3) is 1.00. The zero-order chi connectivity index (χ0) is 6.41. The number of aliphatic hydroxyl groups excluding tert-OH is 1. The van der Waals surface area contributed by atoms with Gasteiger partial charge in [0.1, 0.15) is 5.91 Å². The van der Waals surface area contributed by atoms with Crippen LogP contribution in [-0.4, -0.2) is 32.2 Å². The quantitative estimate of drug-likeness (QED) is 0.242. The van der Waals surface area contributed by atoms with Gasteiger partial charge in [-0.15, -0.1) is 0 Å². The SMILES string of the molecule is NCCC[SiH2]C(O)O. The molecule has 0 aliphatic rings. The maximum Gasteiger partial charge on any atom is 0.128 e. The minimum atomic E-state index is -1.01. The van der Waals surface area contributed by atoms with Gasteiger partial charge < -0.3 is 15.9 Å². The van der Waals surface area contributed by atoms with E-state index in [9.17, 15) is 0 Å². The van der Waals surface area contributed by atoms with Gasteiger partial charge in [-0.25, -0.2) is 0 Å². The molecule has 0 saturated heterocycles. The summed E-state index contributed by atoms with van der Waals surface area (Å²) in [6, 6.07) is 0.939. The van der Waals surface area contributed by atoms with Crippen molar-refractivity contribution >= 4 is 9.52 Å². The molecule has 0 fully saturated rings. The van der Waals surface area contributed by atoms with Crippen LogP contribution in [0, 0.1) is 0 Å². The second-order valence-corrected chi connectivity index (χ2v) is 3.78. The topological polar surface area (TPSA) is 66.5 Å². The molecule has 0 heterocycles. The average molecular weight is 135 g/mol. The van der Waals surface area contributed by atoms with Crippen molar-refractivity contribution in [3.63, 3.8) is 0 Å². The molecular weight excluding hydrogens is 122 g/mol. The van der Waals surface area contributed by atoms with Gasteiger partial charge in [0.15, 0.2) is 0 Å². The lowest BCUT2D eigenvalue weighted by atomic mass is 10.5. The Kier molecular flexibility index (Phi) is 5.30. The molecule has 8 heavy (non-hydrogen) atoms. The Hall–Kier alpha value is 0.0969. The molecule has 50 valence electrons. The molecule has 0 aromatic carbocycles. The summed E-state index contributed by atoms with van der Waals surface area (Å²) in [4.78, 5) is 0. The molecule has 0 saturated carbocycles.